The Morgan fingerprint density at radius 2 is 0.816 bits per heavy atom. The highest BCUT2D eigenvalue weighted by molar-refractivity contribution is 4.62. The highest BCUT2D eigenvalue weighted by atomic mass is 16.5. The first kappa shape index (κ1) is 37.9. The Balaban J connectivity index is 3.87. The first-order chi connectivity index (χ1) is 18.8. The highest BCUT2D eigenvalue weighted by Crippen LogP contribution is 2.18. The molecule has 0 aromatic heterocycles. The van der Waals surface area contributed by atoms with Crippen molar-refractivity contribution in [3.05, 3.63) is 0 Å². The van der Waals surface area contributed by atoms with Gasteiger partial charge in [-0.25, -0.2) is 0 Å². The number of unbranched alkanes of at least 4 members (excludes halogenated alkanes) is 20. The molecule has 0 aliphatic rings. The Labute approximate surface area is 241 Å². The van der Waals surface area contributed by atoms with Crippen LogP contribution in [0.1, 0.15) is 188 Å². The summed E-state index contributed by atoms with van der Waals surface area (Å²) >= 11 is 0. The minimum Gasteiger partial charge on any atom is -0.395 e. The van der Waals surface area contributed by atoms with Crippen molar-refractivity contribution < 1.29 is 9.84 Å². The summed E-state index contributed by atoms with van der Waals surface area (Å²) in [6, 6.07) is 0. The Morgan fingerprint density at radius 3 is 1.24 bits per heavy atom. The minimum absolute atomic E-state index is 0.300. The number of aliphatic hydroxyl groups excluding tert-OH is 1. The van der Waals surface area contributed by atoms with Gasteiger partial charge in [-0.1, -0.05) is 156 Å². The van der Waals surface area contributed by atoms with E-state index < -0.39 is 0 Å². The lowest BCUT2D eigenvalue weighted by Gasteiger charge is -2.21. The van der Waals surface area contributed by atoms with Crippen LogP contribution in [0.3, 0.4) is 0 Å². The highest BCUT2D eigenvalue weighted by Gasteiger charge is 2.09. The second kappa shape index (κ2) is 33.1. The molecule has 0 heterocycles. The number of hydrogen-bond donors (Lipinski definition) is 1. The van der Waals surface area contributed by atoms with E-state index in [1.165, 1.54) is 173 Å². The van der Waals surface area contributed by atoms with Gasteiger partial charge < -0.3 is 14.7 Å². The lowest BCUT2D eigenvalue weighted by molar-refractivity contribution is 0.0357. The Morgan fingerprint density at radius 1 is 0.447 bits per heavy atom. The molecule has 0 bridgehead atoms. The molecule has 0 unspecified atom stereocenters. The molecule has 0 atom stereocenters. The molecule has 0 aliphatic heterocycles. The molecule has 0 fully saturated rings. The van der Waals surface area contributed by atoms with Crippen LogP contribution in [0.15, 0.2) is 0 Å². The van der Waals surface area contributed by atoms with E-state index in [9.17, 15) is 5.11 Å². The third-order valence-electron chi connectivity index (χ3n) is 8.23. The maximum absolute atomic E-state index is 9.40. The Kier molecular flexibility index (Phi) is 33.0. The Hall–Kier alpha value is -0.120. The largest absolute Gasteiger partial charge is 0.395 e. The second-order valence-corrected chi connectivity index (χ2v) is 12.1. The van der Waals surface area contributed by atoms with Crippen molar-refractivity contribution in [3.8, 4) is 0 Å². The molecule has 0 aromatic rings. The van der Waals surface area contributed by atoms with Gasteiger partial charge in [-0.15, -0.1) is 0 Å². The maximum atomic E-state index is 9.40. The molecule has 0 rings (SSSR count). The topological polar surface area (TPSA) is 32.7 Å². The Bertz CT molecular complexity index is 401. The van der Waals surface area contributed by atoms with Gasteiger partial charge in [-0.05, 0) is 45.2 Å². The molecule has 0 saturated carbocycles. The van der Waals surface area contributed by atoms with Gasteiger partial charge in [0.1, 0.15) is 0 Å². The molecule has 0 amide bonds. The van der Waals surface area contributed by atoms with Crippen molar-refractivity contribution in [2.45, 2.75) is 194 Å². The SMILES string of the molecule is CCCCCCCCC(CCCCCCCC)OCCCCCCCCN(CCO)CCCCCCCC. The summed E-state index contributed by atoms with van der Waals surface area (Å²) in [5.41, 5.74) is 0. The molecular weight excluding hydrogens is 466 g/mol. The fraction of sp³-hybridized carbons (Fsp3) is 1.00. The minimum atomic E-state index is 0.300. The van der Waals surface area contributed by atoms with Crippen LogP contribution in [0.25, 0.3) is 0 Å². The van der Waals surface area contributed by atoms with Crippen molar-refractivity contribution in [1.82, 2.24) is 4.90 Å². The zero-order valence-electron chi connectivity index (χ0n) is 26.8. The van der Waals surface area contributed by atoms with E-state index >= 15 is 0 Å². The van der Waals surface area contributed by atoms with Gasteiger partial charge in [0.05, 0.1) is 12.7 Å². The van der Waals surface area contributed by atoms with Crippen LogP contribution in [0, 0.1) is 0 Å². The smallest absolute Gasteiger partial charge is 0.0575 e. The van der Waals surface area contributed by atoms with Crippen molar-refractivity contribution in [1.29, 1.82) is 0 Å². The first-order valence-corrected chi connectivity index (χ1v) is 17.7. The zero-order valence-corrected chi connectivity index (χ0v) is 26.8. The molecule has 38 heavy (non-hydrogen) atoms. The molecule has 0 saturated heterocycles. The van der Waals surface area contributed by atoms with Crippen LogP contribution in [-0.2, 0) is 4.74 Å². The van der Waals surface area contributed by atoms with Gasteiger partial charge in [-0.2, -0.15) is 0 Å². The van der Waals surface area contributed by atoms with Gasteiger partial charge in [-0.3, -0.25) is 0 Å². The van der Waals surface area contributed by atoms with E-state index in [-0.39, 0.29) is 0 Å². The molecule has 1 N–H and O–H groups in total. The van der Waals surface area contributed by atoms with Gasteiger partial charge in [0.25, 0.3) is 0 Å². The van der Waals surface area contributed by atoms with Crippen molar-refractivity contribution in [3.63, 3.8) is 0 Å². The van der Waals surface area contributed by atoms with Crippen LogP contribution in [0.5, 0.6) is 0 Å². The molecule has 0 aliphatic carbocycles. The number of aliphatic hydroxyl groups is 1. The van der Waals surface area contributed by atoms with Crippen LogP contribution in [-0.4, -0.2) is 49.0 Å². The van der Waals surface area contributed by atoms with Gasteiger partial charge in [0.15, 0.2) is 0 Å². The summed E-state index contributed by atoms with van der Waals surface area (Å²) in [5.74, 6) is 0. The van der Waals surface area contributed by atoms with Crippen molar-refractivity contribution >= 4 is 0 Å². The van der Waals surface area contributed by atoms with E-state index in [4.69, 9.17) is 4.74 Å². The molecule has 0 spiro atoms. The monoisotopic (exact) mass is 540 g/mol. The molecule has 3 nitrogen and oxygen atoms in total. The van der Waals surface area contributed by atoms with E-state index in [1.807, 2.05) is 0 Å². The summed E-state index contributed by atoms with van der Waals surface area (Å²) < 4.78 is 6.42. The predicted octanol–water partition coefficient (Wildman–Crippen LogP) is 10.9. The third kappa shape index (κ3) is 28.9. The first-order valence-electron chi connectivity index (χ1n) is 17.7. The summed E-state index contributed by atoms with van der Waals surface area (Å²) in [7, 11) is 0. The molecular formula is C35H73NO2. The molecule has 0 aromatic carbocycles. The van der Waals surface area contributed by atoms with E-state index in [0.29, 0.717) is 12.7 Å². The summed E-state index contributed by atoms with van der Waals surface area (Å²) in [5, 5.41) is 9.40. The quantitative estimate of drug-likeness (QED) is 0.0842. The fourth-order valence-corrected chi connectivity index (χ4v) is 5.60. The third-order valence-corrected chi connectivity index (χ3v) is 8.23. The van der Waals surface area contributed by atoms with Crippen molar-refractivity contribution in [2.75, 3.05) is 32.8 Å². The normalized spacial score (nSPS) is 11.8. The predicted molar refractivity (Wildman–Crippen MR) is 170 cm³/mol. The van der Waals surface area contributed by atoms with Gasteiger partial charge in [0, 0.05) is 13.2 Å². The average Bonchev–Trinajstić information content (AvgIpc) is 2.92. The van der Waals surface area contributed by atoms with Crippen LogP contribution in [0.2, 0.25) is 0 Å². The lowest BCUT2D eigenvalue weighted by atomic mass is 10.0. The van der Waals surface area contributed by atoms with E-state index in [2.05, 4.69) is 25.7 Å². The number of rotatable bonds is 33. The van der Waals surface area contributed by atoms with E-state index in [0.717, 1.165) is 19.7 Å². The van der Waals surface area contributed by atoms with Crippen LogP contribution in [0.4, 0.5) is 0 Å². The van der Waals surface area contributed by atoms with Crippen LogP contribution < -0.4 is 0 Å². The standard InChI is InChI=1S/C35H73NO2/c1-4-7-10-13-18-23-28-35(29-24-19-14-11-8-5-2)38-34-27-22-17-16-21-26-31-36(32-33-37)30-25-20-15-12-9-6-3/h35,37H,4-34H2,1-3H3. The van der Waals surface area contributed by atoms with Crippen LogP contribution >= 0.6 is 0 Å². The maximum Gasteiger partial charge on any atom is 0.0575 e. The average molecular weight is 540 g/mol. The number of hydrogen-bond acceptors (Lipinski definition) is 3. The second-order valence-electron chi connectivity index (χ2n) is 12.1. The molecule has 3 heteroatoms. The summed E-state index contributed by atoms with van der Waals surface area (Å²) in [6.45, 7) is 11.3. The van der Waals surface area contributed by atoms with Gasteiger partial charge in [0.2, 0.25) is 0 Å². The van der Waals surface area contributed by atoms with Crippen molar-refractivity contribution in [2.24, 2.45) is 0 Å². The van der Waals surface area contributed by atoms with Gasteiger partial charge >= 0.3 is 0 Å². The number of nitrogens with zero attached hydrogens (tertiary/aromatic N) is 1. The molecule has 0 radical (unpaired) electrons. The fourth-order valence-electron chi connectivity index (χ4n) is 5.60. The summed E-state index contributed by atoms with van der Waals surface area (Å²) in [4.78, 5) is 2.49. The number of ether oxygens (including phenoxy) is 1. The molecule has 230 valence electrons. The summed E-state index contributed by atoms with van der Waals surface area (Å²) in [6.07, 6.45) is 35.7. The lowest BCUT2D eigenvalue weighted by Crippen LogP contribution is -2.29. The van der Waals surface area contributed by atoms with E-state index in [1.54, 1.807) is 0 Å². The zero-order chi connectivity index (χ0) is 27.8.